The van der Waals surface area contributed by atoms with Gasteiger partial charge in [-0.05, 0) is 29.8 Å². The molecule has 146 valence electrons. The largest absolute Gasteiger partial charge is 0.865 e. The van der Waals surface area contributed by atoms with Crippen LogP contribution in [0.3, 0.4) is 0 Å². The van der Waals surface area contributed by atoms with E-state index < -0.39 is 16.4 Å². The van der Waals surface area contributed by atoms with Gasteiger partial charge in [-0.2, -0.15) is 5.26 Å². The van der Waals surface area contributed by atoms with E-state index in [1.807, 2.05) is 24.3 Å². The summed E-state index contributed by atoms with van der Waals surface area (Å²) in [6.45, 7) is 0. The Morgan fingerprint density at radius 2 is 2.07 bits per heavy atom. The molecule has 0 radical (unpaired) electrons. The first-order chi connectivity index (χ1) is 14.0. The van der Waals surface area contributed by atoms with Crippen molar-refractivity contribution in [3.05, 3.63) is 62.5 Å². The van der Waals surface area contributed by atoms with Crippen molar-refractivity contribution in [2.45, 2.75) is 0 Å². The molecule has 1 aromatic heterocycles. The number of nitro benzene ring substituents is 1. The van der Waals surface area contributed by atoms with Crippen molar-refractivity contribution >= 4 is 28.7 Å². The van der Waals surface area contributed by atoms with Crippen LogP contribution in [0.2, 0.25) is 0 Å². The van der Waals surface area contributed by atoms with E-state index in [9.17, 15) is 20.5 Å². The van der Waals surface area contributed by atoms with Gasteiger partial charge in [0.15, 0.2) is 0 Å². The molecular formula is C20H14N3O5S-. The molecule has 0 N–H and O–H groups in total. The highest BCUT2D eigenvalue weighted by molar-refractivity contribution is 7.11. The van der Waals surface area contributed by atoms with Crippen molar-refractivity contribution in [1.82, 2.24) is 4.98 Å². The molecule has 8 nitrogen and oxygen atoms in total. The van der Waals surface area contributed by atoms with Gasteiger partial charge in [0.05, 0.1) is 30.4 Å². The van der Waals surface area contributed by atoms with Crippen LogP contribution in [0.5, 0.6) is 17.2 Å². The van der Waals surface area contributed by atoms with Crippen molar-refractivity contribution in [2.24, 2.45) is 0 Å². The Bertz CT molecular complexity index is 1150. The predicted molar refractivity (Wildman–Crippen MR) is 107 cm³/mol. The lowest BCUT2D eigenvalue weighted by Crippen LogP contribution is -2.01. The van der Waals surface area contributed by atoms with Crippen LogP contribution in [-0.2, 0) is 0 Å². The van der Waals surface area contributed by atoms with Crippen LogP contribution in [0.15, 0.2) is 41.8 Å². The second kappa shape index (κ2) is 8.41. The van der Waals surface area contributed by atoms with Crippen LogP contribution in [0.25, 0.3) is 22.9 Å². The summed E-state index contributed by atoms with van der Waals surface area (Å²) in [6, 6.07) is 11.9. The zero-order valence-electron chi connectivity index (χ0n) is 15.4. The predicted octanol–water partition coefficient (Wildman–Crippen LogP) is 3.87. The Balaban J connectivity index is 2.02. The molecule has 0 unspecified atom stereocenters. The first-order valence-corrected chi connectivity index (χ1v) is 9.10. The number of allylic oxidation sites excluding steroid dienone is 1. The van der Waals surface area contributed by atoms with Gasteiger partial charge in [-0.15, -0.1) is 11.3 Å². The maximum atomic E-state index is 12.0. The van der Waals surface area contributed by atoms with Gasteiger partial charge in [-0.1, -0.05) is 12.1 Å². The second-order valence-electron chi connectivity index (χ2n) is 5.77. The van der Waals surface area contributed by atoms with Crippen LogP contribution < -0.4 is 14.6 Å². The van der Waals surface area contributed by atoms with E-state index in [-0.39, 0.29) is 11.3 Å². The number of hydrogen-bond donors (Lipinski definition) is 0. The Kier molecular flexibility index (Phi) is 5.76. The summed E-state index contributed by atoms with van der Waals surface area (Å²) >= 11 is 1.26. The van der Waals surface area contributed by atoms with E-state index in [1.54, 1.807) is 12.5 Å². The average molecular weight is 408 g/mol. The second-order valence-corrected chi connectivity index (χ2v) is 6.63. The maximum Gasteiger partial charge on any atom is 0.266 e. The number of benzene rings is 2. The van der Waals surface area contributed by atoms with Crippen LogP contribution >= 0.6 is 11.3 Å². The van der Waals surface area contributed by atoms with E-state index in [0.29, 0.717) is 22.0 Å². The van der Waals surface area contributed by atoms with Crippen LogP contribution in [0.4, 0.5) is 5.69 Å². The smallest absolute Gasteiger partial charge is 0.266 e. The molecule has 0 fully saturated rings. The fourth-order valence-electron chi connectivity index (χ4n) is 2.60. The summed E-state index contributed by atoms with van der Waals surface area (Å²) in [5.74, 6) is -0.299. The lowest BCUT2D eigenvalue weighted by Gasteiger charge is -2.13. The summed E-state index contributed by atoms with van der Waals surface area (Å²) < 4.78 is 10.1. The molecule has 0 atom stereocenters. The number of hydrogen-bond acceptors (Lipinski definition) is 8. The molecule has 9 heteroatoms. The van der Waals surface area contributed by atoms with Gasteiger partial charge in [0.25, 0.3) is 5.69 Å². The summed E-state index contributed by atoms with van der Waals surface area (Å²) in [5.41, 5.74) is 1.38. The van der Waals surface area contributed by atoms with Crippen molar-refractivity contribution in [3.8, 4) is 34.6 Å². The number of nitro groups is 1. The number of nitrogens with zero attached hydrogens (tertiary/aromatic N) is 3. The molecule has 2 aromatic carbocycles. The van der Waals surface area contributed by atoms with Crippen molar-refractivity contribution in [1.29, 1.82) is 5.26 Å². The monoisotopic (exact) mass is 408 g/mol. The number of aromatic nitrogens is 1. The standard InChI is InChI=1S/C20H15N3O5S/c1-27-15-5-3-4-13(9-15)16-11-29-20(22-16)14(10-21)6-12-7-17(23(25)26)19(24)18(8-12)28-2/h3-9,11,24H,1-2H3/p-1. The number of ether oxygens (including phenoxy) is 2. The van der Waals surface area contributed by atoms with E-state index >= 15 is 0 Å². The molecule has 0 amide bonds. The Labute approximate surface area is 170 Å². The number of thiazole rings is 1. The minimum atomic E-state index is -0.817. The fourth-order valence-corrected chi connectivity index (χ4v) is 3.39. The molecule has 0 aliphatic heterocycles. The fraction of sp³-hybridized carbons (Fsp3) is 0.100. The van der Waals surface area contributed by atoms with E-state index in [1.165, 1.54) is 30.6 Å². The maximum absolute atomic E-state index is 12.0. The van der Waals surface area contributed by atoms with Gasteiger partial charge in [-0.3, -0.25) is 10.1 Å². The zero-order chi connectivity index (χ0) is 21.0. The zero-order valence-corrected chi connectivity index (χ0v) is 16.2. The van der Waals surface area contributed by atoms with Crippen LogP contribution in [-0.4, -0.2) is 24.1 Å². The molecule has 0 aliphatic carbocycles. The molecule has 0 saturated heterocycles. The minimum Gasteiger partial charge on any atom is -0.865 e. The number of nitriles is 1. The summed E-state index contributed by atoms with van der Waals surface area (Å²) in [7, 11) is 2.82. The lowest BCUT2D eigenvalue weighted by molar-refractivity contribution is -0.398. The molecule has 0 aliphatic rings. The molecular weight excluding hydrogens is 394 g/mol. The Hall–Kier alpha value is -3.90. The Morgan fingerprint density at radius 3 is 2.72 bits per heavy atom. The highest BCUT2D eigenvalue weighted by atomic mass is 32.1. The first kappa shape index (κ1) is 19.9. The van der Waals surface area contributed by atoms with Gasteiger partial charge in [-0.25, -0.2) is 4.98 Å². The molecule has 1 heterocycles. The Morgan fingerprint density at radius 1 is 1.28 bits per heavy atom. The molecule has 29 heavy (non-hydrogen) atoms. The van der Waals surface area contributed by atoms with Crippen molar-refractivity contribution < 1.29 is 19.5 Å². The average Bonchev–Trinajstić information content (AvgIpc) is 3.22. The number of rotatable bonds is 6. The summed E-state index contributed by atoms with van der Waals surface area (Å²) in [5, 5.41) is 34.9. The van der Waals surface area contributed by atoms with Crippen molar-refractivity contribution in [3.63, 3.8) is 0 Å². The first-order valence-electron chi connectivity index (χ1n) is 8.22. The topological polar surface area (TPSA) is 121 Å². The number of methoxy groups -OCH3 is 2. The quantitative estimate of drug-likeness (QED) is 0.345. The molecule has 0 saturated carbocycles. The minimum absolute atomic E-state index is 0.168. The van der Waals surface area contributed by atoms with Crippen molar-refractivity contribution in [2.75, 3.05) is 14.2 Å². The SMILES string of the molecule is COc1cccc(-c2csc(C(C#N)=Cc3cc(OC)c([O-])c([N+](=O)[O-])c3)n2)c1. The highest BCUT2D eigenvalue weighted by Crippen LogP contribution is 2.36. The lowest BCUT2D eigenvalue weighted by atomic mass is 10.1. The highest BCUT2D eigenvalue weighted by Gasteiger charge is 2.15. The van der Waals surface area contributed by atoms with Gasteiger partial charge in [0.1, 0.15) is 22.6 Å². The van der Waals surface area contributed by atoms with E-state index in [0.717, 1.165) is 11.6 Å². The summed E-state index contributed by atoms with van der Waals surface area (Å²) in [6.07, 6.45) is 1.43. The van der Waals surface area contributed by atoms with Gasteiger partial charge in [0.2, 0.25) is 0 Å². The molecule has 3 rings (SSSR count). The van der Waals surface area contributed by atoms with Gasteiger partial charge >= 0.3 is 0 Å². The van der Waals surface area contributed by atoms with Gasteiger partial charge < -0.3 is 14.6 Å². The summed E-state index contributed by atoms with van der Waals surface area (Å²) in [4.78, 5) is 14.8. The van der Waals surface area contributed by atoms with E-state index in [2.05, 4.69) is 11.1 Å². The molecule has 0 bridgehead atoms. The third-order valence-electron chi connectivity index (χ3n) is 4.01. The molecule has 0 spiro atoms. The van der Waals surface area contributed by atoms with Gasteiger partial charge in [0, 0.05) is 22.8 Å². The third kappa shape index (κ3) is 4.17. The van der Waals surface area contributed by atoms with E-state index in [4.69, 9.17) is 9.47 Å². The van der Waals surface area contributed by atoms with Crippen LogP contribution in [0.1, 0.15) is 10.6 Å². The normalized spacial score (nSPS) is 11.0. The molecule has 3 aromatic rings. The van der Waals surface area contributed by atoms with Crippen LogP contribution in [0, 0.1) is 21.4 Å². The third-order valence-corrected chi connectivity index (χ3v) is 4.88.